The van der Waals surface area contributed by atoms with E-state index in [0.29, 0.717) is 30.4 Å². The second kappa shape index (κ2) is 11.5. The van der Waals surface area contributed by atoms with Crippen molar-refractivity contribution < 1.29 is 27.1 Å². The molecule has 1 saturated carbocycles. The number of hydrogen-bond donors (Lipinski definition) is 1. The molecule has 1 atom stereocenters. The lowest BCUT2D eigenvalue weighted by Crippen LogP contribution is -2.52. The number of hydrogen-bond acceptors (Lipinski definition) is 8. The molecule has 0 spiro atoms. The Bertz CT molecular complexity index is 1540. The first-order valence-electron chi connectivity index (χ1n) is 13.0. The molecule has 0 saturated heterocycles. The highest BCUT2D eigenvalue weighted by molar-refractivity contribution is 7.94. The topological polar surface area (TPSA) is 183 Å². The number of nitrogens with zero attached hydrogens (tertiary/aromatic N) is 7. The summed E-state index contributed by atoms with van der Waals surface area (Å²) in [6.07, 6.45) is -0.915. The summed E-state index contributed by atoms with van der Waals surface area (Å²) in [5.74, 6) is -0.858. The molecule has 2 amide bonds. The first-order valence-corrected chi connectivity index (χ1v) is 14.5. The largest absolute Gasteiger partial charge is 0.347 e. The van der Waals surface area contributed by atoms with Gasteiger partial charge >= 0.3 is 0 Å². The fraction of sp³-hybridized carbons (Fsp3) is 0.538. The molecule has 0 radical (unpaired) electrons. The van der Waals surface area contributed by atoms with Crippen LogP contribution in [0.25, 0.3) is 10.4 Å². The molecule has 13 nitrogen and oxygen atoms in total. The molecule has 1 aromatic carbocycles. The molecule has 41 heavy (non-hydrogen) atoms. The predicted molar refractivity (Wildman–Crippen MR) is 145 cm³/mol. The van der Waals surface area contributed by atoms with E-state index >= 15 is 0 Å². The van der Waals surface area contributed by atoms with Crippen molar-refractivity contribution in [3.8, 4) is 6.07 Å². The monoisotopic (exact) mass is 586 g/mol. The number of amides is 2. The number of halogens is 1. The summed E-state index contributed by atoms with van der Waals surface area (Å²) in [7, 11) is -2.33. The molecule has 2 aliphatic rings. The molecule has 4 rings (SSSR count). The zero-order valence-corrected chi connectivity index (χ0v) is 23.8. The first-order chi connectivity index (χ1) is 19.4. The van der Waals surface area contributed by atoms with E-state index in [2.05, 4.69) is 20.4 Å². The molecule has 1 unspecified atom stereocenters. The Morgan fingerprint density at radius 3 is 2.66 bits per heavy atom. The fourth-order valence-electron chi connectivity index (χ4n) is 4.97. The lowest BCUT2D eigenvalue weighted by molar-refractivity contribution is -0.0385. The highest BCUT2D eigenvalue weighted by Crippen LogP contribution is 2.49. The average Bonchev–Trinajstić information content (AvgIpc) is 3.67. The van der Waals surface area contributed by atoms with Gasteiger partial charge in [-0.3, -0.25) is 14.3 Å². The Morgan fingerprint density at radius 2 is 2.05 bits per heavy atom. The van der Waals surface area contributed by atoms with E-state index in [-0.39, 0.29) is 31.0 Å². The second-order valence-electron chi connectivity index (χ2n) is 10.8. The Labute approximate surface area is 236 Å². The fourth-order valence-corrected chi connectivity index (χ4v) is 7.33. The summed E-state index contributed by atoms with van der Waals surface area (Å²) >= 11 is 0. The van der Waals surface area contributed by atoms with Gasteiger partial charge in [0.1, 0.15) is 5.69 Å². The van der Waals surface area contributed by atoms with E-state index in [9.17, 15) is 22.4 Å². The SMILES string of the molecule is Cn1nc(C(=O)NCc2ccc(C#N)cc2)c2c1C(=O)N(CC1(S(=O)(=O)C(C)(C)COC(F)CN=[N+]=[N-])CC1)CC2. The van der Waals surface area contributed by atoms with Crippen molar-refractivity contribution in [1.82, 2.24) is 20.0 Å². The smallest absolute Gasteiger partial charge is 0.272 e. The molecule has 15 heteroatoms. The van der Waals surface area contributed by atoms with Crippen LogP contribution in [-0.4, -0.2) is 77.0 Å². The molecular formula is C26H31FN8O5S. The van der Waals surface area contributed by atoms with E-state index in [1.165, 1.54) is 23.4 Å². The molecular weight excluding hydrogens is 555 g/mol. The number of benzene rings is 1. The molecule has 1 fully saturated rings. The van der Waals surface area contributed by atoms with Crippen molar-refractivity contribution in [1.29, 1.82) is 5.26 Å². The molecule has 2 aromatic rings. The minimum atomic E-state index is -3.89. The summed E-state index contributed by atoms with van der Waals surface area (Å²) in [5.41, 5.74) is 10.5. The zero-order chi connectivity index (χ0) is 30.0. The third kappa shape index (κ3) is 5.90. The quantitative estimate of drug-likeness (QED) is 0.225. The van der Waals surface area contributed by atoms with Crippen LogP contribution in [0.15, 0.2) is 29.4 Å². The van der Waals surface area contributed by atoms with Crippen LogP contribution >= 0.6 is 0 Å². The van der Waals surface area contributed by atoms with Gasteiger partial charge in [0.15, 0.2) is 15.5 Å². The molecule has 1 aromatic heterocycles. The van der Waals surface area contributed by atoms with Gasteiger partial charge in [0.2, 0.25) is 6.36 Å². The number of nitrogens with one attached hydrogen (secondary N) is 1. The number of aromatic nitrogens is 2. The van der Waals surface area contributed by atoms with E-state index < -0.39 is 50.7 Å². The van der Waals surface area contributed by atoms with Crippen LogP contribution in [0.4, 0.5) is 4.39 Å². The van der Waals surface area contributed by atoms with Crippen molar-refractivity contribution in [2.24, 2.45) is 12.2 Å². The molecule has 2 heterocycles. The number of ether oxygens (including phenoxy) is 1. The number of carbonyl (C=O) groups excluding carboxylic acids is 2. The van der Waals surface area contributed by atoms with Gasteiger partial charge in [0.05, 0.1) is 34.3 Å². The van der Waals surface area contributed by atoms with Crippen LogP contribution in [0.3, 0.4) is 0 Å². The van der Waals surface area contributed by atoms with Crippen LogP contribution in [0, 0.1) is 11.3 Å². The Hall–Kier alpha value is -3.99. The predicted octanol–water partition coefficient (Wildman–Crippen LogP) is 2.57. The van der Waals surface area contributed by atoms with E-state index in [1.807, 2.05) is 6.07 Å². The van der Waals surface area contributed by atoms with Crippen molar-refractivity contribution in [3.63, 3.8) is 0 Å². The van der Waals surface area contributed by atoms with Crippen molar-refractivity contribution in [3.05, 3.63) is 62.8 Å². The number of alkyl halides is 1. The zero-order valence-electron chi connectivity index (χ0n) is 23.0. The Balaban J connectivity index is 1.44. The summed E-state index contributed by atoms with van der Waals surface area (Å²) in [6, 6.07) is 8.82. The van der Waals surface area contributed by atoms with Gasteiger partial charge in [-0.2, -0.15) is 10.4 Å². The lowest BCUT2D eigenvalue weighted by Gasteiger charge is -2.35. The van der Waals surface area contributed by atoms with Crippen molar-refractivity contribution in [2.75, 3.05) is 26.2 Å². The minimum absolute atomic E-state index is 0.0415. The normalized spacial score (nSPS) is 16.8. The Morgan fingerprint density at radius 1 is 1.37 bits per heavy atom. The van der Waals surface area contributed by atoms with Crippen molar-refractivity contribution >= 4 is 21.7 Å². The molecule has 0 bridgehead atoms. The number of aryl methyl sites for hydroxylation is 1. The molecule has 1 aliphatic heterocycles. The van der Waals surface area contributed by atoms with Crippen LogP contribution in [0.5, 0.6) is 0 Å². The summed E-state index contributed by atoms with van der Waals surface area (Å²) in [6.45, 7) is 2.26. The van der Waals surface area contributed by atoms with E-state index in [1.54, 1.807) is 31.3 Å². The molecule has 218 valence electrons. The van der Waals surface area contributed by atoms with Gasteiger partial charge in [-0.15, -0.1) is 0 Å². The van der Waals surface area contributed by atoms with Gasteiger partial charge in [0.25, 0.3) is 11.8 Å². The third-order valence-electron chi connectivity index (χ3n) is 7.50. The van der Waals surface area contributed by atoms with Crippen LogP contribution in [0.1, 0.15) is 64.4 Å². The number of sulfone groups is 1. The molecule has 1 N–H and O–H groups in total. The maximum Gasteiger partial charge on any atom is 0.272 e. The van der Waals surface area contributed by atoms with Crippen LogP contribution in [-0.2, 0) is 34.6 Å². The maximum atomic E-state index is 13.9. The third-order valence-corrected chi connectivity index (χ3v) is 10.8. The van der Waals surface area contributed by atoms with Gasteiger partial charge < -0.3 is 15.0 Å². The standard InChI is InChI=1S/C26H31FN8O5S/c1-25(2,16-40-20(27)14-31-33-29)41(38,39)26(9-10-26)15-35-11-8-19-21(32-34(3)22(19)24(35)37)23(36)30-13-18-6-4-17(12-28)5-7-18/h4-7,20H,8-11,13-16H2,1-3H3,(H,30,36). The molecule has 1 aliphatic carbocycles. The van der Waals surface area contributed by atoms with Crippen molar-refractivity contribution in [2.45, 2.75) is 55.5 Å². The number of nitriles is 1. The van der Waals surface area contributed by atoms with E-state index in [0.717, 1.165) is 5.56 Å². The van der Waals surface area contributed by atoms with Gasteiger partial charge in [-0.25, -0.2) is 12.8 Å². The summed E-state index contributed by atoms with van der Waals surface area (Å²) < 4.78 is 44.9. The summed E-state index contributed by atoms with van der Waals surface area (Å²) in [5, 5.41) is 19.1. The first kappa shape index (κ1) is 30.0. The number of fused-ring (bicyclic) bond motifs is 1. The highest BCUT2D eigenvalue weighted by atomic mass is 32.2. The average molecular weight is 587 g/mol. The van der Waals surface area contributed by atoms with Gasteiger partial charge in [0, 0.05) is 37.2 Å². The maximum absolute atomic E-state index is 13.9. The van der Waals surface area contributed by atoms with Gasteiger partial charge in [-0.1, -0.05) is 17.2 Å². The number of carbonyl (C=O) groups is 2. The summed E-state index contributed by atoms with van der Waals surface area (Å²) in [4.78, 5) is 30.4. The number of rotatable bonds is 12. The lowest BCUT2D eigenvalue weighted by atomic mass is 10.0. The highest BCUT2D eigenvalue weighted by Gasteiger charge is 2.61. The van der Waals surface area contributed by atoms with Gasteiger partial charge in [-0.05, 0) is 56.3 Å². The van der Waals surface area contributed by atoms with Crippen LogP contribution in [0.2, 0.25) is 0 Å². The minimum Gasteiger partial charge on any atom is -0.347 e. The Kier molecular flexibility index (Phi) is 8.39. The van der Waals surface area contributed by atoms with Crippen LogP contribution < -0.4 is 5.32 Å². The second-order valence-corrected chi connectivity index (χ2v) is 13.8. The number of azide groups is 1. The van der Waals surface area contributed by atoms with E-state index in [4.69, 9.17) is 15.5 Å².